The number of aryl methyl sites for hydroxylation is 1. The summed E-state index contributed by atoms with van der Waals surface area (Å²) in [4.78, 5) is 11.9. The number of nitrogens with two attached hydrogens (primary N) is 1. The number of rotatable bonds is 2. The van der Waals surface area contributed by atoms with E-state index in [1.807, 2.05) is 19.1 Å². The number of nitrogen functional groups attached to an aromatic ring is 1. The van der Waals surface area contributed by atoms with Crippen LogP contribution in [-0.4, -0.2) is 16.1 Å². The molecule has 7 heteroatoms. The van der Waals surface area contributed by atoms with Crippen molar-refractivity contribution < 1.29 is 4.79 Å². The maximum Gasteiger partial charge on any atom is 0.273 e. The molecule has 0 spiro atoms. The summed E-state index contributed by atoms with van der Waals surface area (Å²) in [6.07, 6.45) is 0. The van der Waals surface area contributed by atoms with Gasteiger partial charge < -0.3 is 11.1 Å². The first kappa shape index (κ1) is 13.1. The highest BCUT2D eigenvalue weighted by Gasteiger charge is 2.13. The summed E-state index contributed by atoms with van der Waals surface area (Å²) in [6, 6.07) is 5.31. The average molecular weight is 374 g/mol. The van der Waals surface area contributed by atoms with Crippen molar-refractivity contribution in [2.45, 2.75) is 6.92 Å². The molecule has 0 atom stereocenters. The summed E-state index contributed by atoms with van der Waals surface area (Å²) in [7, 11) is 0. The van der Waals surface area contributed by atoms with Crippen LogP contribution >= 0.6 is 31.9 Å². The van der Waals surface area contributed by atoms with E-state index in [0.29, 0.717) is 11.4 Å². The molecule has 0 saturated carbocycles. The molecule has 1 aromatic carbocycles. The van der Waals surface area contributed by atoms with Gasteiger partial charge >= 0.3 is 0 Å². The van der Waals surface area contributed by atoms with E-state index < -0.39 is 0 Å². The van der Waals surface area contributed by atoms with Gasteiger partial charge in [-0.15, -0.1) is 0 Å². The zero-order valence-corrected chi connectivity index (χ0v) is 12.6. The van der Waals surface area contributed by atoms with Gasteiger partial charge in [0.25, 0.3) is 5.91 Å². The van der Waals surface area contributed by atoms with Crippen molar-refractivity contribution in [1.82, 2.24) is 10.2 Å². The minimum absolute atomic E-state index is 0.280. The number of hydrogen-bond donors (Lipinski definition) is 3. The normalized spacial score (nSPS) is 10.4. The number of aromatic amines is 1. The standard InChI is InChI=1S/C11H10Br2N4O/c1-5-2-6(12)10(7(13)3-5)15-11(18)8-4-9(14)17-16-8/h2-4H,1H3,(H,15,18)(H3,14,16,17). The Morgan fingerprint density at radius 2 is 1.94 bits per heavy atom. The van der Waals surface area contributed by atoms with E-state index in [1.54, 1.807) is 0 Å². The smallest absolute Gasteiger partial charge is 0.273 e. The van der Waals surface area contributed by atoms with Gasteiger partial charge in [-0.1, -0.05) is 0 Å². The van der Waals surface area contributed by atoms with Gasteiger partial charge in [0.1, 0.15) is 11.5 Å². The SMILES string of the molecule is Cc1cc(Br)c(NC(=O)c2cc(N)n[nH]2)c(Br)c1. The van der Waals surface area contributed by atoms with E-state index in [4.69, 9.17) is 5.73 Å². The summed E-state index contributed by atoms with van der Waals surface area (Å²) in [5.41, 5.74) is 7.51. The van der Waals surface area contributed by atoms with Crippen LogP contribution in [0.4, 0.5) is 11.5 Å². The average Bonchev–Trinajstić information content (AvgIpc) is 2.70. The predicted octanol–water partition coefficient (Wildman–Crippen LogP) is 3.08. The number of carbonyl (C=O) groups is 1. The number of anilines is 2. The first-order valence-electron chi connectivity index (χ1n) is 5.05. The molecule has 0 aliphatic carbocycles. The summed E-state index contributed by atoms with van der Waals surface area (Å²) in [5, 5.41) is 9.04. The highest BCUT2D eigenvalue weighted by Crippen LogP contribution is 2.32. The summed E-state index contributed by atoms with van der Waals surface area (Å²) >= 11 is 6.82. The molecule has 5 nitrogen and oxygen atoms in total. The molecule has 0 bridgehead atoms. The zero-order valence-electron chi connectivity index (χ0n) is 9.42. The molecule has 4 N–H and O–H groups in total. The number of benzene rings is 1. The van der Waals surface area contributed by atoms with Crippen molar-refractivity contribution >= 4 is 49.3 Å². The van der Waals surface area contributed by atoms with Crippen LogP contribution < -0.4 is 11.1 Å². The minimum Gasteiger partial charge on any atom is -0.382 e. The fraction of sp³-hybridized carbons (Fsp3) is 0.0909. The van der Waals surface area contributed by atoms with Crippen LogP contribution in [0.3, 0.4) is 0 Å². The summed E-state index contributed by atoms with van der Waals surface area (Å²) in [5.74, 6) is -0.0216. The lowest BCUT2D eigenvalue weighted by Crippen LogP contribution is -2.13. The van der Waals surface area contributed by atoms with E-state index >= 15 is 0 Å². The third kappa shape index (κ3) is 2.73. The first-order chi connectivity index (χ1) is 8.47. The van der Waals surface area contributed by atoms with Crippen molar-refractivity contribution in [2.24, 2.45) is 0 Å². The molecule has 18 heavy (non-hydrogen) atoms. The quantitative estimate of drug-likeness (QED) is 0.756. The Morgan fingerprint density at radius 1 is 1.33 bits per heavy atom. The fourth-order valence-corrected chi connectivity index (χ4v) is 3.07. The number of amides is 1. The number of nitrogens with one attached hydrogen (secondary N) is 2. The number of hydrogen-bond acceptors (Lipinski definition) is 3. The molecule has 0 unspecified atom stereocenters. The Balaban J connectivity index is 2.27. The lowest BCUT2D eigenvalue weighted by molar-refractivity contribution is 0.102. The van der Waals surface area contributed by atoms with Gasteiger partial charge in [0.2, 0.25) is 0 Å². The molecular formula is C11H10Br2N4O. The van der Waals surface area contributed by atoms with E-state index in [-0.39, 0.29) is 11.7 Å². The minimum atomic E-state index is -0.301. The molecule has 0 aliphatic rings. The van der Waals surface area contributed by atoms with Crippen LogP contribution in [-0.2, 0) is 0 Å². The van der Waals surface area contributed by atoms with Crippen molar-refractivity contribution in [3.63, 3.8) is 0 Å². The van der Waals surface area contributed by atoms with Gasteiger partial charge in [-0.3, -0.25) is 9.89 Å². The number of H-pyrrole nitrogens is 1. The molecule has 0 saturated heterocycles. The highest BCUT2D eigenvalue weighted by atomic mass is 79.9. The third-order valence-corrected chi connectivity index (χ3v) is 3.52. The van der Waals surface area contributed by atoms with E-state index in [1.165, 1.54) is 6.07 Å². The molecule has 0 fully saturated rings. The van der Waals surface area contributed by atoms with Gasteiger partial charge in [-0.2, -0.15) is 5.10 Å². The Hall–Kier alpha value is -1.34. The van der Waals surface area contributed by atoms with Crippen LogP contribution in [0.15, 0.2) is 27.1 Å². The van der Waals surface area contributed by atoms with Crippen molar-refractivity contribution in [1.29, 1.82) is 0 Å². The van der Waals surface area contributed by atoms with Crippen LogP contribution in [0.2, 0.25) is 0 Å². The Bertz CT molecular complexity index is 586. The van der Waals surface area contributed by atoms with Crippen molar-refractivity contribution in [3.05, 3.63) is 38.4 Å². The Labute approximate surface area is 120 Å². The maximum absolute atomic E-state index is 11.9. The second-order valence-electron chi connectivity index (χ2n) is 3.76. The van der Waals surface area contributed by atoms with E-state index in [2.05, 4.69) is 47.4 Å². The zero-order chi connectivity index (χ0) is 13.3. The Morgan fingerprint density at radius 3 is 2.44 bits per heavy atom. The lowest BCUT2D eigenvalue weighted by Gasteiger charge is -2.09. The van der Waals surface area contributed by atoms with Gasteiger partial charge in [-0.25, -0.2) is 0 Å². The number of carbonyl (C=O) groups excluding carboxylic acids is 1. The largest absolute Gasteiger partial charge is 0.382 e. The van der Waals surface area contributed by atoms with Gasteiger partial charge in [0.05, 0.1) is 5.69 Å². The van der Waals surface area contributed by atoms with E-state index in [9.17, 15) is 4.79 Å². The maximum atomic E-state index is 11.9. The van der Waals surface area contributed by atoms with Crippen molar-refractivity contribution in [2.75, 3.05) is 11.1 Å². The summed E-state index contributed by atoms with van der Waals surface area (Å²) in [6.45, 7) is 1.97. The fourth-order valence-electron chi connectivity index (χ4n) is 1.45. The predicted molar refractivity (Wildman–Crippen MR) is 77.5 cm³/mol. The molecule has 1 heterocycles. The van der Waals surface area contributed by atoms with Gasteiger partial charge in [-0.05, 0) is 56.5 Å². The van der Waals surface area contributed by atoms with Gasteiger partial charge in [0.15, 0.2) is 0 Å². The van der Waals surface area contributed by atoms with E-state index in [0.717, 1.165) is 14.5 Å². The third-order valence-electron chi connectivity index (χ3n) is 2.27. The number of halogens is 2. The lowest BCUT2D eigenvalue weighted by atomic mass is 10.2. The highest BCUT2D eigenvalue weighted by molar-refractivity contribution is 9.11. The van der Waals surface area contributed by atoms with Crippen LogP contribution in [0.5, 0.6) is 0 Å². The topological polar surface area (TPSA) is 83.8 Å². The molecule has 2 rings (SSSR count). The number of nitrogens with zero attached hydrogens (tertiary/aromatic N) is 1. The second kappa shape index (κ2) is 5.11. The van der Waals surface area contributed by atoms with Gasteiger partial charge in [0, 0.05) is 15.0 Å². The van der Waals surface area contributed by atoms with Crippen LogP contribution in [0, 0.1) is 6.92 Å². The van der Waals surface area contributed by atoms with Crippen LogP contribution in [0.1, 0.15) is 16.1 Å². The Kier molecular flexibility index (Phi) is 3.72. The molecule has 1 aromatic heterocycles. The molecule has 0 aliphatic heterocycles. The summed E-state index contributed by atoms with van der Waals surface area (Å²) < 4.78 is 1.60. The van der Waals surface area contributed by atoms with Crippen molar-refractivity contribution in [3.8, 4) is 0 Å². The first-order valence-corrected chi connectivity index (χ1v) is 6.64. The molecule has 1 amide bonds. The second-order valence-corrected chi connectivity index (χ2v) is 5.47. The number of aromatic nitrogens is 2. The molecular weight excluding hydrogens is 364 g/mol. The molecule has 0 radical (unpaired) electrons. The van der Waals surface area contributed by atoms with Crippen LogP contribution in [0.25, 0.3) is 0 Å². The monoisotopic (exact) mass is 372 g/mol. The molecule has 94 valence electrons. The molecule has 2 aromatic rings.